The van der Waals surface area contributed by atoms with Crippen LogP contribution in [0.1, 0.15) is 53.4 Å². The van der Waals surface area contributed by atoms with E-state index in [0.717, 1.165) is 0 Å². The van der Waals surface area contributed by atoms with Gasteiger partial charge >= 0.3 is 0 Å². The molecule has 0 aromatic heterocycles. The molecular weight excluding hydrogens is 210 g/mol. The molecule has 0 atom stereocenters. The first-order valence-corrected chi connectivity index (χ1v) is 7.21. The summed E-state index contributed by atoms with van der Waals surface area (Å²) in [5.41, 5.74) is 0.542. The summed E-state index contributed by atoms with van der Waals surface area (Å²) in [5, 5.41) is 0. The number of hydrogen-bond acceptors (Lipinski definition) is 2. The molecule has 0 radical (unpaired) electrons. The monoisotopic (exact) mass is 237 g/mol. The number of Topliss-reactive ketones (excluding diaryl/α,β-unsaturated/α-hetero) is 1. The van der Waals surface area contributed by atoms with Crippen molar-refractivity contribution in [3.8, 4) is 0 Å². The van der Waals surface area contributed by atoms with Gasteiger partial charge in [0.05, 0.1) is 0 Å². The summed E-state index contributed by atoms with van der Waals surface area (Å²) < 4.78 is 0. The SMILES string of the molecule is CC(C)C(=O)C1CC2(CCN(C(C)C)CC2)C1. The average Bonchev–Trinajstić information content (AvgIpc) is 2.24. The number of nitrogens with zero attached hydrogens (tertiary/aromatic N) is 1. The Morgan fingerprint density at radius 1 is 1.12 bits per heavy atom. The zero-order chi connectivity index (χ0) is 12.6. The summed E-state index contributed by atoms with van der Waals surface area (Å²) in [6, 6.07) is 0.681. The van der Waals surface area contributed by atoms with Crippen LogP contribution >= 0.6 is 0 Å². The number of piperidine rings is 1. The number of carbonyl (C=O) groups is 1. The highest BCUT2D eigenvalue weighted by molar-refractivity contribution is 5.83. The van der Waals surface area contributed by atoms with Crippen molar-refractivity contribution < 1.29 is 4.79 Å². The lowest BCUT2D eigenvalue weighted by Gasteiger charge is -2.52. The van der Waals surface area contributed by atoms with Gasteiger partial charge in [-0.15, -0.1) is 0 Å². The summed E-state index contributed by atoms with van der Waals surface area (Å²) in [4.78, 5) is 14.5. The third kappa shape index (κ3) is 2.57. The normalized spacial score (nSPS) is 25.5. The van der Waals surface area contributed by atoms with Crippen molar-refractivity contribution in [2.24, 2.45) is 17.3 Å². The van der Waals surface area contributed by atoms with E-state index in [0.29, 0.717) is 23.2 Å². The number of likely N-dealkylation sites (tertiary alicyclic amines) is 1. The second kappa shape index (κ2) is 4.72. The van der Waals surface area contributed by atoms with Crippen LogP contribution in [0, 0.1) is 17.3 Å². The van der Waals surface area contributed by atoms with Gasteiger partial charge in [0.25, 0.3) is 0 Å². The molecule has 1 saturated heterocycles. The van der Waals surface area contributed by atoms with Gasteiger partial charge in [-0.05, 0) is 58.0 Å². The van der Waals surface area contributed by atoms with Crippen molar-refractivity contribution in [1.29, 1.82) is 0 Å². The standard InChI is InChI=1S/C15H27NO/c1-11(2)14(17)13-9-15(10-13)5-7-16(8-6-15)12(3)4/h11-13H,5-10H2,1-4H3. The Hall–Kier alpha value is -0.370. The second-order valence-corrected chi connectivity index (χ2v) is 6.79. The van der Waals surface area contributed by atoms with E-state index in [-0.39, 0.29) is 5.92 Å². The molecule has 1 spiro atoms. The average molecular weight is 237 g/mol. The Morgan fingerprint density at radius 2 is 1.65 bits per heavy atom. The van der Waals surface area contributed by atoms with E-state index in [4.69, 9.17) is 0 Å². The second-order valence-electron chi connectivity index (χ2n) is 6.79. The van der Waals surface area contributed by atoms with Gasteiger partial charge in [-0.3, -0.25) is 4.79 Å². The molecule has 0 amide bonds. The summed E-state index contributed by atoms with van der Waals surface area (Å²) in [6.07, 6.45) is 4.98. The minimum absolute atomic E-state index is 0.230. The predicted molar refractivity (Wildman–Crippen MR) is 70.9 cm³/mol. The minimum Gasteiger partial charge on any atom is -0.301 e. The number of carbonyl (C=O) groups excluding carboxylic acids is 1. The maximum absolute atomic E-state index is 11.9. The van der Waals surface area contributed by atoms with E-state index in [1.165, 1.54) is 38.8 Å². The quantitative estimate of drug-likeness (QED) is 0.751. The van der Waals surface area contributed by atoms with Crippen molar-refractivity contribution in [3.05, 3.63) is 0 Å². The number of hydrogen-bond donors (Lipinski definition) is 0. The van der Waals surface area contributed by atoms with Gasteiger partial charge in [0, 0.05) is 17.9 Å². The fourth-order valence-electron chi connectivity index (χ4n) is 3.58. The van der Waals surface area contributed by atoms with Gasteiger partial charge < -0.3 is 4.90 Å². The van der Waals surface area contributed by atoms with Gasteiger partial charge in [0.2, 0.25) is 0 Å². The van der Waals surface area contributed by atoms with Crippen LogP contribution in [-0.2, 0) is 4.79 Å². The highest BCUT2D eigenvalue weighted by atomic mass is 16.1. The molecule has 2 fully saturated rings. The van der Waals surface area contributed by atoms with Crippen molar-refractivity contribution in [3.63, 3.8) is 0 Å². The molecule has 2 aliphatic rings. The zero-order valence-corrected chi connectivity index (χ0v) is 11.8. The topological polar surface area (TPSA) is 20.3 Å². The number of ketones is 1. The smallest absolute Gasteiger partial charge is 0.138 e. The van der Waals surface area contributed by atoms with Crippen LogP contribution in [0.3, 0.4) is 0 Å². The highest BCUT2D eigenvalue weighted by Gasteiger charge is 2.48. The lowest BCUT2D eigenvalue weighted by atomic mass is 9.56. The molecule has 17 heavy (non-hydrogen) atoms. The minimum atomic E-state index is 0.230. The Balaban J connectivity index is 1.81. The molecule has 2 nitrogen and oxygen atoms in total. The zero-order valence-electron chi connectivity index (χ0n) is 11.8. The van der Waals surface area contributed by atoms with Gasteiger partial charge in [0.15, 0.2) is 0 Å². The van der Waals surface area contributed by atoms with E-state index in [1.807, 2.05) is 13.8 Å². The van der Waals surface area contributed by atoms with E-state index >= 15 is 0 Å². The number of rotatable bonds is 3. The lowest BCUT2D eigenvalue weighted by molar-refractivity contribution is -0.136. The Morgan fingerprint density at radius 3 is 2.06 bits per heavy atom. The Labute approximate surface area is 106 Å². The first-order valence-electron chi connectivity index (χ1n) is 7.21. The maximum Gasteiger partial charge on any atom is 0.138 e. The largest absolute Gasteiger partial charge is 0.301 e. The van der Waals surface area contributed by atoms with Crippen LogP contribution in [0.2, 0.25) is 0 Å². The molecule has 0 unspecified atom stereocenters. The van der Waals surface area contributed by atoms with Crippen LogP contribution in [0.5, 0.6) is 0 Å². The third-order valence-corrected chi connectivity index (χ3v) is 4.92. The summed E-state index contributed by atoms with van der Waals surface area (Å²) in [7, 11) is 0. The van der Waals surface area contributed by atoms with E-state index in [2.05, 4.69) is 18.7 Å². The van der Waals surface area contributed by atoms with Crippen molar-refractivity contribution in [1.82, 2.24) is 4.90 Å². The molecular formula is C15H27NO. The molecule has 0 aromatic rings. The van der Waals surface area contributed by atoms with Gasteiger partial charge in [0.1, 0.15) is 5.78 Å². The molecule has 1 aliphatic carbocycles. The summed E-state index contributed by atoms with van der Waals surface area (Å²) in [5.74, 6) is 1.12. The van der Waals surface area contributed by atoms with Gasteiger partial charge in [-0.2, -0.15) is 0 Å². The van der Waals surface area contributed by atoms with Crippen LogP contribution < -0.4 is 0 Å². The molecule has 1 aliphatic heterocycles. The first-order chi connectivity index (χ1) is 7.93. The van der Waals surface area contributed by atoms with Gasteiger partial charge in [-0.1, -0.05) is 13.8 Å². The first kappa shape index (κ1) is 13.1. The van der Waals surface area contributed by atoms with Crippen molar-refractivity contribution in [2.45, 2.75) is 59.4 Å². The molecule has 0 aromatic carbocycles. The molecule has 2 heteroatoms. The van der Waals surface area contributed by atoms with Crippen molar-refractivity contribution >= 4 is 5.78 Å². The molecule has 0 bridgehead atoms. The summed E-state index contributed by atoms with van der Waals surface area (Å²) in [6.45, 7) is 11.1. The Bertz CT molecular complexity index is 279. The van der Waals surface area contributed by atoms with Gasteiger partial charge in [-0.25, -0.2) is 0 Å². The third-order valence-electron chi connectivity index (χ3n) is 4.92. The Kier molecular flexibility index (Phi) is 3.63. The van der Waals surface area contributed by atoms with Crippen LogP contribution in [0.4, 0.5) is 0 Å². The van der Waals surface area contributed by atoms with E-state index in [1.54, 1.807) is 0 Å². The molecule has 0 N–H and O–H groups in total. The fraction of sp³-hybridized carbons (Fsp3) is 0.933. The molecule has 1 saturated carbocycles. The molecule has 98 valence electrons. The fourth-order valence-corrected chi connectivity index (χ4v) is 3.58. The van der Waals surface area contributed by atoms with E-state index < -0.39 is 0 Å². The molecule has 1 heterocycles. The van der Waals surface area contributed by atoms with Crippen LogP contribution in [0.25, 0.3) is 0 Å². The van der Waals surface area contributed by atoms with E-state index in [9.17, 15) is 4.79 Å². The van der Waals surface area contributed by atoms with Crippen molar-refractivity contribution in [2.75, 3.05) is 13.1 Å². The summed E-state index contributed by atoms with van der Waals surface area (Å²) >= 11 is 0. The maximum atomic E-state index is 11.9. The lowest BCUT2D eigenvalue weighted by Crippen LogP contribution is -2.50. The predicted octanol–water partition coefficient (Wildman–Crippen LogP) is 3.11. The van der Waals surface area contributed by atoms with Crippen LogP contribution in [-0.4, -0.2) is 29.8 Å². The van der Waals surface area contributed by atoms with Crippen LogP contribution in [0.15, 0.2) is 0 Å². The molecule has 2 rings (SSSR count). The highest BCUT2D eigenvalue weighted by Crippen LogP contribution is 2.53.